The molecule has 1 aromatic carbocycles. The molecule has 5 nitrogen and oxygen atoms in total. The predicted molar refractivity (Wildman–Crippen MR) is 75.9 cm³/mol. The zero-order valence-electron chi connectivity index (χ0n) is 11.1. The first-order valence-corrected chi connectivity index (χ1v) is 6.36. The van der Waals surface area contributed by atoms with Gasteiger partial charge in [0.1, 0.15) is 6.73 Å². The van der Waals surface area contributed by atoms with E-state index < -0.39 is 5.97 Å². The molecule has 0 radical (unpaired) electrons. The molecule has 0 aliphatic rings. The van der Waals surface area contributed by atoms with E-state index in [1.807, 2.05) is 13.8 Å². The van der Waals surface area contributed by atoms with Gasteiger partial charge < -0.3 is 10.5 Å². The maximum Gasteiger partial charge on any atom is 0.307 e. The lowest BCUT2D eigenvalue weighted by atomic mass is 10.0. The Hall–Kier alpha value is -1.59. The van der Waals surface area contributed by atoms with E-state index in [1.165, 1.54) is 12.1 Å². The molecule has 1 aromatic rings. The molecule has 0 spiro atoms. The third-order valence-corrected chi connectivity index (χ3v) is 2.35. The molecule has 0 amide bonds. The molecule has 0 unspecified atom stereocenters. The molecule has 6 heteroatoms. The van der Waals surface area contributed by atoms with Gasteiger partial charge in [0.15, 0.2) is 5.78 Å². The number of nitrogen functional groups attached to an aromatic ring is 1. The highest BCUT2D eigenvalue weighted by Gasteiger charge is 2.12. The minimum absolute atomic E-state index is 0.0158. The average molecular weight is 287 g/mol. The number of hydrogen-bond acceptors (Lipinski definition) is 5. The Labute approximate surface area is 117 Å². The topological polar surface area (TPSA) is 95.4 Å². The van der Waals surface area contributed by atoms with Crippen LogP contribution in [0, 0.1) is 0 Å². The summed E-state index contributed by atoms with van der Waals surface area (Å²) in [5.41, 5.74) is 11.3. The van der Waals surface area contributed by atoms with E-state index in [4.69, 9.17) is 23.1 Å². The van der Waals surface area contributed by atoms with E-state index in [-0.39, 0.29) is 25.4 Å². The molecule has 0 atom stereocenters. The average Bonchev–Trinajstić information content (AvgIpc) is 2.39. The van der Waals surface area contributed by atoms with Crippen LogP contribution in [0.4, 0.5) is 5.69 Å². The second kappa shape index (κ2) is 9.35. The Kier molecular flexibility index (Phi) is 8.57. The molecule has 19 heavy (non-hydrogen) atoms. The van der Waals surface area contributed by atoms with Crippen molar-refractivity contribution >= 4 is 29.0 Å². The molecule has 4 N–H and O–H groups in total. The molecule has 106 valence electrons. The molecule has 0 aliphatic carbocycles. The van der Waals surface area contributed by atoms with Crippen molar-refractivity contribution in [2.45, 2.75) is 26.7 Å². The molecule has 1 rings (SSSR count). The lowest BCUT2D eigenvalue weighted by molar-refractivity contribution is -0.143. The normalized spacial score (nSPS) is 9.26. The van der Waals surface area contributed by atoms with E-state index in [1.54, 1.807) is 6.07 Å². The maximum atomic E-state index is 11.7. The summed E-state index contributed by atoms with van der Waals surface area (Å²) in [5.74, 6) is -0.735. The number of nitrogens with two attached hydrogens (primary N) is 2. The summed E-state index contributed by atoms with van der Waals surface area (Å²) in [4.78, 5) is 22.7. The van der Waals surface area contributed by atoms with E-state index in [2.05, 4.69) is 4.74 Å². The first-order chi connectivity index (χ1) is 9.04. The Morgan fingerprint density at radius 2 is 1.89 bits per heavy atom. The largest absolute Gasteiger partial charge is 0.450 e. The van der Waals surface area contributed by atoms with Gasteiger partial charge in [-0.1, -0.05) is 25.4 Å². The molecule has 0 saturated heterocycles. The molecular weight excluding hydrogens is 268 g/mol. The van der Waals surface area contributed by atoms with Crippen LogP contribution in [0.3, 0.4) is 0 Å². The fourth-order valence-corrected chi connectivity index (χ4v) is 1.48. The third kappa shape index (κ3) is 6.22. The van der Waals surface area contributed by atoms with Crippen LogP contribution in [0.1, 0.15) is 37.0 Å². The smallest absolute Gasteiger partial charge is 0.307 e. The summed E-state index contributed by atoms with van der Waals surface area (Å²) in [5, 5.41) is 0.460. The lowest BCUT2D eigenvalue weighted by Gasteiger charge is -2.05. The van der Waals surface area contributed by atoms with Gasteiger partial charge in [-0.3, -0.25) is 15.3 Å². The van der Waals surface area contributed by atoms with Gasteiger partial charge in [0.2, 0.25) is 0 Å². The van der Waals surface area contributed by atoms with Crippen molar-refractivity contribution in [1.82, 2.24) is 0 Å². The molecular formula is C13H19ClN2O3. The molecule has 0 aromatic heterocycles. The summed E-state index contributed by atoms with van der Waals surface area (Å²) in [6, 6.07) is 4.60. The van der Waals surface area contributed by atoms with Crippen LogP contribution in [0.2, 0.25) is 5.02 Å². The van der Waals surface area contributed by atoms with Gasteiger partial charge in [0.05, 0.1) is 6.42 Å². The van der Waals surface area contributed by atoms with Crippen molar-refractivity contribution in [2.75, 3.05) is 12.5 Å². The number of halogens is 1. The first kappa shape index (κ1) is 17.4. The quantitative estimate of drug-likeness (QED) is 0.375. The number of ketones is 1. The number of ether oxygens (including phenoxy) is 1. The van der Waals surface area contributed by atoms with Gasteiger partial charge in [-0.15, -0.1) is 0 Å². The zero-order valence-corrected chi connectivity index (χ0v) is 11.9. The Morgan fingerprint density at radius 1 is 1.26 bits per heavy atom. The summed E-state index contributed by atoms with van der Waals surface area (Å²) >= 11 is 5.71. The molecule has 0 heterocycles. The van der Waals surface area contributed by atoms with E-state index >= 15 is 0 Å². The number of carbonyl (C=O) groups is 2. The minimum Gasteiger partial charge on any atom is -0.450 e. The van der Waals surface area contributed by atoms with Crippen molar-refractivity contribution in [3.05, 3.63) is 28.8 Å². The Bertz CT molecular complexity index is 436. The molecule has 0 aliphatic heterocycles. The van der Waals surface area contributed by atoms with Crippen LogP contribution in [-0.2, 0) is 9.53 Å². The highest BCUT2D eigenvalue weighted by Crippen LogP contribution is 2.19. The monoisotopic (exact) mass is 286 g/mol. The van der Waals surface area contributed by atoms with Gasteiger partial charge in [0, 0.05) is 22.7 Å². The summed E-state index contributed by atoms with van der Waals surface area (Å²) in [6.45, 7) is 3.82. The number of hydrogen-bond donors (Lipinski definition) is 2. The van der Waals surface area contributed by atoms with Gasteiger partial charge in [-0.05, 0) is 18.2 Å². The number of anilines is 1. The van der Waals surface area contributed by atoms with Crippen molar-refractivity contribution in [1.29, 1.82) is 0 Å². The van der Waals surface area contributed by atoms with Crippen LogP contribution < -0.4 is 11.5 Å². The Morgan fingerprint density at radius 3 is 2.42 bits per heavy atom. The summed E-state index contributed by atoms with van der Waals surface area (Å²) < 4.78 is 4.51. The number of benzene rings is 1. The summed E-state index contributed by atoms with van der Waals surface area (Å²) in [6.07, 6.45) is 0.0166. The van der Waals surface area contributed by atoms with Crippen molar-refractivity contribution < 1.29 is 14.3 Å². The predicted octanol–water partition coefficient (Wildman–Crippen LogP) is 2.37. The second-order valence-corrected chi connectivity index (χ2v) is 3.77. The van der Waals surface area contributed by atoms with E-state index in [0.29, 0.717) is 16.3 Å². The maximum absolute atomic E-state index is 11.7. The zero-order chi connectivity index (χ0) is 14.8. The van der Waals surface area contributed by atoms with Crippen LogP contribution in [0.5, 0.6) is 0 Å². The number of Topliss-reactive ketones (excluding diaryl/α,β-unsaturated/α-hetero) is 1. The molecule has 0 fully saturated rings. The summed E-state index contributed by atoms with van der Waals surface area (Å²) in [7, 11) is 0. The number of carbonyl (C=O) groups excluding carboxylic acids is 2. The van der Waals surface area contributed by atoms with Crippen LogP contribution in [0.15, 0.2) is 18.2 Å². The van der Waals surface area contributed by atoms with Crippen molar-refractivity contribution in [3.63, 3.8) is 0 Å². The lowest BCUT2D eigenvalue weighted by Crippen LogP contribution is -2.13. The van der Waals surface area contributed by atoms with Gasteiger partial charge in [-0.2, -0.15) is 0 Å². The highest BCUT2D eigenvalue weighted by molar-refractivity contribution is 6.31. The van der Waals surface area contributed by atoms with Crippen LogP contribution >= 0.6 is 11.6 Å². The van der Waals surface area contributed by atoms with Crippen LogP contribution in [-0.4, -0.2) is 18.5 Å². The minimum atomic E-state index is -0.506. The van der Waals surface area contributed by atoms with E-state index in [9.17, 15) is 9.59 Å². The van der Waals surface area contributed by atoms with Crippen molar-refractivity contribution in [3.8, 4) is 0 Å². The first-order valence-electron chi connectivity index (χ1n) is 5.98. The number of esters is 1. The highest BCUT2D eigenvalue weighted by atomic mass is 35.5. The fourth-order valence-electron chi connectivity index (χ4n) is 1.30. The second-order valence-electron chi connectivity index (χ2n) is 3.34. The van der Waals surface area contributed by atoms with Crippen molar-refractivity contribution in [2.24, 2.45) is 5.73 Å². The van der Waals surface area contributed by atoms with Gasteiger partial charge in [-0.25, -0.2) is 0 Å². The van der Waals surface area contributed by atoms with Crippen LogP contribution in [0.25, 0.3) is 0 Å². The standard InChI is InChI=1S/C11H13ClN2O3.C2H6/c12-7-1-2-8(9(14)5-7)10(15)3-4-11(16)17-6-13;1-2/h1-2,5H,3-4,6,13-14H2;1-2H3. The molecule has 0 saturated carbocycles. The molecule has 0 bridgehead atoms. The third-order valence-electron chi connectivity index (χ3n) is 2.11. The van der Waals surface area contributed by atoms with Gasteiger partial charge >= 0.3 is 5.97 Å². The Balaban J connectivity index is 0.00000154. The van der Waals surface area contributed by atoms with Gasteiger partial charge in [0.25, 0.3) is 0 Å². The van der Waals surface area contributed by atoms with E-state index in [0.717, 1.165) is 0 Å². The number of rotatable bonds is 5. The fraction of sp³-hybridized carbons (Fsp3) is 0.385. The SMILES string of the molecule is CC.NCOC(=O)CCC(=O)c1ccc(Cl)cc1N.